The molecule has 0 saturated heterocycles. The summed E-state index contributed by atoms with van der Waals surface area (Å²) in [5, 5.41) is 9.13. The number of ether oxygens (including phenoxy) is 1. The van der Waals surface area contributed by atoms with Crippen molar-refractivity contribution in [2.45, 2.75) is 6.42 Å². The van der Waals surface area contributed by atoms with E-state index in [4.69, 9.17) is 14.3 Å². The molecule has 122 valence electrons. The van der Waals surface area contributed by atoms with Crippen molar-refractivity contribution in [2.75, 3.05) is 7.11 Å². The molecule has 0 aliphatic rings. The SMILES string of the molecule is COc1ccc(-c2sc(C(=O)c3ccco3)cc2CC(=O)O)cc1. The average molecular weight is 342 g/mol. The van der Waals surface area contributed by atoms with E-state index in [1.165, 1.54) is 17.6 Å². The van der Waals surface area contributed by atoms with Crippen LogP contribution in [0.3, 0.4) is 0 Å². The molecule has 0 amide bonds. The summed E-state index contributed by atoms with van der Waals surface area (Å²) in [5.74, 6) is -0.252. The van der Waals surface area contributed by atoms with Gasteiger partial charge in [-0.15, -0.1) is 11.3 Å². The largest absolute Gasteiger partial charge is 0.497 e. The van der Waals surface area contributed by atoms with Gasteiger partial charge in [-0.05, 0) is 53.6 Å². The average Bonchev–Trinajstić information content (AvgIpc) is 3.24. The molecule has 1 N–H and O–H groups in total. The van der Waals surface area contributed by atoms with Gasteiger partial charge in [0.1, 0.15) is 5.75 Å². The van der Waals surface area contributed by atoms with Crippen LogP contribution in [-0.4, -0.2) is 24.0 Å². The van der Waals surface area contributed by atoms with Crippen molar-refractivity contribution in [1.82, 2.24) is 0 Å². The van der Waals surface area contributed by atoms with E-state index in [0.717, 1.165) is 10.4 Å². The molecular formula is C18H14O5S. The van der Waals surface area contributed by atoms with Crippen LogP contribution >= 0.6 is 11.3 Å². The molecule has 0 bridgehead atoms. The highest BCUT2D eigenvalue weighted by Gasteiger charge is 2.20. The lowest BCUT2D eigenvalue weighted by Crippen LogP contribution is -2.00. The number of ketones is 1. The highest BCUT2D eigenvalue weighted by molar-refractivity contribution is 7.17. The lowest BCUT2D eigenvalue weighted by Gasteiger charge is -2.03. The quantitative estimate of drug-likeness (QED) is 0.688. The second-order valence-electron chi connectivity index (χ2n) is 5.07. The van der Waals surface area contributed by atoms with E-state index in [1.807, 2.05) is 12.1 Å². The molecule has 0 unspecified atom stereocenters. The molecule has 3 aromatic rings. The third-order valence-corrected chi connectivity index (χ3v) is 4.70. The van der Waals surface area contributed by atoms with E-state index in [2.05, 4.69) is 0 Å². The molecule has 1 aromatic carbocycles. The zero-order valence-electron chi connectivity index (χ0n) is 12.8. The van der Waals surface area contributed by atoms with Crippen molar-refractivity contribution in [3.05, 3.63) is 64.9 Å². The first-order valence-electron chi connectivity index (χ1n) is 7.15. The van der Waals surface area contributed by atoms with Crippen molar-refractivity contribution >= 4 is 23.1 Å². The monoisotopic (exact) mass is 342 g/mol. The van der Waals surface area contributed by atoms with Gasteiger partial charge in [-0.3, -0.25) is 9.59 Å². The Kier molecular flexibility index (Phi) is 4.48. The van der Waals surface area contributed by atoms with Crippen molar-refractivity contribution in [3.63, 3.8) is 0 Å². The van der Waals surface area contributed by atoms with Gasteiger partial charge < -0.3 is 14.3 Å². The number of methoxy groups -OCH3 is 1. The van der Waals surface area contributed by atoms with Gasteiger partial charge in [0.05, 0.1) is 24.7 Å². The zero-order valence-corrected chi connectivity index (χ0v) is 13.6. The molecule has 0 spiro atoms. The fourth-order valence-corrected chi connectivity index (χ4v) is 3.48. The van der Waals surface area contributed by atoms with Gasteiger partial charge >= 0.3 is 5.97 Å². The van der Waals surface area contributed by atoms with Gasteiger partial charge in [-0.2, -0.15) is 0 Å². The summed E-state index contributed by atoms with van der Waals surface area (Å²) in [6.45, 7) is 0. The van der Waals surface area contributed by atoms with Gasteiger partial charge in [-0.25, -0.2) is 0 Å². The number of hydrogen-bond donors (Lipinski definition) is 1. The van der Waals surface area contributed by atoms with E-state index in [0.29, 0.717) is 16.2 Å². The second-order valence-corrected chi connectivity index (χ2v) is 6.12. The number of carboxylic acid groups (broad SMARTS) is 1. The van der Waals surface area contributed by atoms with Crippen LogP contribution in [0.25, 0.3) is 10.4 Å². The molecule has 0 radical (unpaired) electrons. The van der Waals surface area contributed by atoms with E-state index in [9.17, 15) is 9.59 Å². The predicted molar refractivity (Wildman–Crippen MR) is 89.8 cm³/mol. The summed E-state index contributed by atoms with van der Waals surface area (Å²) in [6.07, 6.45) is 1.28. The number of carboxylic acids is 1. The Morgan fingerprint density at radius 3 is 2.54 bits per heavy atom. The highest BCUT2D eigenvalue weighted by atomic mass is 32.1. The number of furan rings is 1. The summed E-state index contributed by atoms with van der Waals surface area (Å²) < 4.78 is 10.3. The standard InChI is InChI=1S/C18H14O5S/c1-22-13-6-4-11(5-7-13)18-12(10-16(19)20)9-15(24-18)17(21)14-3-2-8-23-14/h2-9H,10H2,1H3,(H,19,20). The summed E-state index contributed by atoms with van der Waals surface area (Å²) in [7, 11) is 1.58. The van der Waals surface area contributed by atoms with Crippen LogP contribution in [0.15, 0.2) is 53.1 Å². The molecule has 0 fully saturated rings. The molecule has 24 heavy (non-hydrogen) atoms. The molecule has 5 nitrogen and oxygen atoms in total. The van der Waals surface area contributed by atoms with Crippen LogP contribution in [0, 0.1) is 0 Å². The predicted octanol–water partition coefficient (Wildman–Crippen LogP) is 3.87. The minimum Gasteiger partial charge on any atom is -0.497 e. The van der Waals surface area contributed by atoms with E-state index in [-0.39, 0.29) is 18.0 Å². The Labute approximate surface area is 142 Å². The zero-order chi connectivity index (χ0) is 17.1. The van der Waals surface area contributed by atoms with Gasteiger partial charge in [0.2, 0.25) is 5.78 Å². The molecule has 3 rings (SSSR count). The Balaban J connectivity index is 2.02. The third-order valence-electron chi connectivity index (χ3n) is 3.47. The minimum atomic E-state index is -0.945. The Morgan fingerprint density at radius 1 is 1.21 bits per heavy atom. The first-order valence-corrected chi connectivity index (χ1v) is 7.97. The number of carbonyl (C=O) groups excluding carboxylic acids is 1. The number of carbonyl (C=O) groups is 2. The molecule has 0 atom stereocenters. The summed E-state index contributed by atoms with van der Waals surface area (Å²) in [5.41, 5.74) is 1.45. The summed E-state index contributed by atoms with van der Waals surface area (Å²) in [6, 6.07) is 12.1. The first kappa shape index (κ1) is 16.0. The number of thiophene rings is 1. The van der Waals surface area contributed by atoms with Crippen molar-refractivity contribution in [2.24, 2.45) is 0 Å². The van der Waals surface area contributed by atoms with Gasteiger partial charge in [0.25, 0.3) is 0 Å². The first-order chi connectivity index (χ1) is 11.6. The van der Waals surface area contributed by atoms with E-state index >= 15 is 0 Å². The fraction of sp³-hybridized carbons (Fsp3) is 0.111. The van der Waals surface area contributed by atoms with E-state index in [1.54, 1.807) is 37.4 Å². The van der Waals surface area contributed by atoms with Gasteiger partial charge in [-0.1, -0.05) is 0 Å². The Morgan fingerprint density at radius 2 is 1.96 bits per heavy atom. The lowest BCUT2D eigenvalue weighted by molar-refractivity contribution is -0.136. The maximum absolute atomic E-state index is 12.4. The number of hydrogen-bond acceptors (Lipinski definition) is 5. The molecular weight excluding hydrogens is 328 g/mol. The van der Waals surface area contributed by atoms with Gasteiger partial charge in [0, 0.05) is 4.88 Å². The van der Waals surface area contributed by atoms with E-state index < -0.39 is 5.97 Å². The van der Waals surface area contributed by atoms with Crippen molar-refractivity contribution < 1.29 is 23.8 Å². The lowest BCUT2D eigenvalue weighted by atomic mass is 10.1. The smallest absolute Gasteiger partial charge is 0.307 e. The van der Waals surface area contributed by atoms with Crippen LogP contribution in [0.1, 0.15) is 21.0 Å². The number of aliphatic carboxylic acids is 1. The van der Waals surface area contributed by atoms with Crippen LogP contribution in [0.5, 0.6) is 5.75 Å². The summed E-state index contributed by atoms with van der Waals surface area (Å²) >= 11 is 1.26. The third kappa shape index (κ3) is 3.23. The topological polar surface area (TPSA) is 76.7 Å². The minimum absolute atomic E-state index is 0.150. The normalized spacial score (nSPS) is 10.5. The van der Waals surface area contributed by atoms with Crippen LogP contribution in [0.2, 0.25) is 0 Å². The van der Waals surface area contributed by atoms with Crippen molar-refractivity contribution in [1.29, 1.82) is 0 Å². The van der Waals surface area contributed by atoms with Crippen LogP contribution in [0.4, 0.5) is 0 Å². The Hall–Kier alpha value is -2.86. The van der Waals surface area contributed by atoms with Crippen LogP contribution < -0.4 is 4.74 Å². The molecule has 0 aliphatic heterocycles. The molecule has 6 heteroatoms. The second kappa shape index (κ2) is 6.72. The molecule has 0 saturated carbocycles. The maximum atomic E-state index is 12.4. The highest BCUT2D eigenvalue weighted by Crippen LogP contribution is 2.35. The molecule has 2 aromatic heterocycles. The molecule has 2 heterocycles. The van der Waals surface area contributed by atoms with Crippen LogP contribution in [-0.2, 0) is 11.2 Å². The summed E-state index contributed by atoms with van der Waals surface area (Å²) in [4.78, 5) is 24.8. The molecule has 0 aliphatic carbocycles. The number of rotatable bonds is 6. The maximum Gasteiger partial charge on any atom is 0.307 e. The van der Waals surface area contributed by atoms with Crippen molar-refractivity contribution in [3.8, 4) is 16.2 Å². The number of benzene rings is 1. The van der Waals surface area contributed by atoms with Gasteiger partial charge in [0.15, 0.2) is 5.76 Å². The Bertz CT molecular complexity index is 859. The fourth-order valence-electron chi connectivity index (χ4n) is 2.35.